The Bertz CT molecular complexity index is 329. The van der Waals surface area contributed by atoms with Gasteiger partial charge in [0.1, 0.15) is 0 Å². The molecular weight excluding hydrogens is 256 g/mol. The quantitative estimate of drug-likeness (QED) is 0.615. The zero-order valence-electron chi connectivity index (χ0n) is 12.8. The van der Waals surface area contributed by atoms with Crippen LogP contribution in [-0.2, 0) is 0 Å². The molecule has 4 nitrogen and oxygen atoms in total. The summed E-state index contributed by atoms with van der Waals surface area (Å²) < 4.78 is 0.333. The van der Waals surface area contributed by atoms with Gasteiger partial charge in [-0.15, -0.1) is 0 Å². The summed E-state index contributed by atoms with van der Waals surface area (Å²) in [5.41, 5.74) is 0. The minimum Gasteiger partial charge on any atom is -0.355 e. The normalized spacial score (nSPS) is 28.7. The van der Waals surface area contributed by atoms with Gasteiger partial charge in [-0.1, -0.05) is 0 Å². The summed E-state index contributed by atoms with van der Waals surface area (Å²) >= 11 is 2.06. The molecule has 0 radical (unpaired) electrons. The summed E-state index contributed by atoms with van der Waals surface area (Å²) in [6.45, 7) is 9.08. The summed E-state index contributed by atoms with van der Waals surface area (Å²) in [5, 5.41) is 3.57. The van der Waals surface area contributed by atoms with Crippen LogP contribution in [0, 0.1) is 0 Å². The second-order valence-corrected chi connectivity index (χ2v) is 8.04. The van der Waals surface area contributed by atoms with Crippen LogP contribution in [0.5, 0.6) is 0 Å². The average Bonchev–Trinajstić information content (AvgIpc) is 2.75. The zero-order chi connectivity index (χ0) is 13.9. The van der Waals surface area contributed by atoms with Gasteiger partial charge in [0.15, 0.2) is 5.96 Å². The lowest BCUT2D eigenvalue weighted by Gasteiger charge is -2.39. The maximum atomic E-state index is 4.47. The molecule has 1 atom stereocenters. The Labute approximate surface area is 122 Å². The molecule has 0 spiro atoms. The molecule has 1 N–H and O–H groups in total. The van der Waals surface area contributed by atoms with E-state index in [-0.39, 0.29) is 0 Å². The van der Waals surface area contributed by atoms with E-state index in [2.05, 4.69) is 52.8 Å². The Morgan fingerprint density at radius 2 is 2.21 bits per heavy atom. The number of rotatable bonds is 2. The molecule has 2 aliphatic rings. The van der Waals surface area contributed by atoms with E-state index in [1.165, 1.54) is 25.1 Å². The van der Waals surface area contributed by atoms with E-state index < -0.39 is 0 Å². The van der Waals surface area contributed by atoms with Crippen LogP contribution in [0.2, 0.25) is 0 Å². The molecule has 0 aromatic carbocycles. The van der Waals surface area contributed by atoms with Crippen molar-refractivity contribution in [2.45, 2.75) is 37.5 Å². The first-order valence-corrected chi connectivity index (χ1v) is 8.30. The van der Waals surface area contributed by atoms with Gasteiger partial charge in [0.05, 0.1) is 0 Å². The van der Waals surface area contributed by atoms with Gasteiger partial charge in [0.25, 0.3) is 0 Å². The molecule has 0 aliphatic carbocycles. The van der Waals surface area contributed by atoms with Crippen molar-refractivity contribution in [1.82, 2.24) is 15.1 Å². The summed E-state index contributed by atoms with van der Waals surface area (Å²) in [6.07, 6.45) is 2.64. The molecule has 1 unspecified atom stereocenters. The third-order valence-electron chi connectivity index (χ3n) is 4.10. The van der Waals surface area contributed by atoms with Gasteiger partial charge >= 0.3 is 0 Å². The van der Waals surface area contributed by atoms with Crippen molar-refractivity contribution in [3.8, 4) is 0 Å². The van der Waals surface area contributed by atoms with Crippen molar-refractivity contribution in [3.05, 3.63) is 0 Å². The van der Waals surface area contributed by atoms with Crippen LogP contribution in [0.3, 0.4) is 0 Å². The number of aliphatic imine (C=N–C) groups is 1. The fourth-order valence-electron chi connectivity index (χ4n) is 2.98. The predicted molar refractivity (Wildman–Crippen MR) is 85.1 cm³/mol. The van der Waals surface area contributed by atoms with E-state index in [9.17, 15) is 0 Å². The third-order valence-corrected chi connectivity index (χ3v) is 5.40. The Morgan fingerprint density at radius 3 is 2.79 bits per heavy atom. The van der Waals surface area contributed by atoms with Gasteiger partial charge in [-0.05, 0) is 40.3 Å². The topological polar surface area (TPSA) is 30.9 Å². The van der Waals surface area contributed by atoms with Crippen LogP contribution in [-0.4, -0.2) is 72.6 Å². The maximum Gasteiger partial charge on any atom is 0.193 e. The standard InChI is InChI=1S/C14H28N4S/c1-14(2)11-18(8-9-19-14)13(15-3)16-10-12-6-5-7-17(12)4/h12H,5-11H2,1-4H3,(H,15,16). The molecular formula is C14H28N4S. The molecule has 2 heterocycles. The van der Waals surface area contributed by atoms with Crippen molar-refractivity contribution >= 4 is 17.7 Å². The van der Waals surface area contributed by atoms with Crippen LogP contribution in [0.15, 0.2) is 4.99 Å². The van der Waals surface area contributed by atoms with Gasteiger partial charge in [0.2, 0.25) is 0 Å². The largest absolute Gasteiger partial charge is 0.355 e. The van der Waals surface area contributed by atoms with E-state index in [4.69, 9.17) is 0 Å². The van der Waals surface area contributed by atoms with Crippen molar-refractivity contribution in [2.75, 3.05) is 46.0 Å². The third kappa shape index (κ3) is 4.02. The van der Waals surface area contributed by atoms with E-state index in [1.807, 2.05) is 7.05 Å². The second kappa shape index (κ2) is 6.35. The van der Waals surface area contributed by atoms with Crippen LogP contribution in [0.25, 0.3) is 0 Å². The van der Waals surface area contributed by atoms with Crippen molar-refractivity contribution < 1.29 is 0 Å². The smallest absolute Gasteiger partial charge is 0.193 e. The Balaban J connectivity index is 1.86. The van der Waals surface area contributed by atoms with E-state index in [0.717, 1.165) is 25.6 Å². The number of hydrogen-bond acceptors (Lipinski definition) is 3. The molecule has 0 saturated carbocycles. The number of guanidine groups is 1. The summed E-state index contributed by atoms with van der Waals surface area (Å²) in [6, 6.07) is 0.670. The highest BCUT2D eigenvalue weighted by atomic mass is 32.2. The molecule has 2 rings (SSSR count). The SMILES string of the molecule is CN=C(NCC1CCCN1C)N1CCSC(C)(C)C1. The highest BCUT2D eigenvalue weighted by Crippen LogP contribution is 2.29. The van der Waals surface area contributed by atoms with Crippen molar-refractivity contribution in [2.24, 2.45) is 4.99 Å². The van der Waals surface area contributed by atoms with E-state index in [0.29, 0.717) is 10.8 Å². The van der Waals surface area contributed by atoms with Crippen LogP contribution in [0.4, 0.5) is 0 Å². The molecule has 0 bridgehead atoms. The minimum absolute atomic E-state index is 0.333. The number of nitrogens with zero attached hydrogens (tertiary/aromatic N) is 3. The Kier molecular flexibility index (Phi) is 5.01. The number of likely N-dealkylation sites (tertiary alicyclic amines) is 1. The summed E-state index contributed by atoms with van der Waals surface area (Å²) in [4.78, 5) is 9.33. The molecule has 2 aliphatic heterocycles. The maximum absolute atomic E-state index is 4.47. The second-order valence-electron chi connectivity index (χ2n) is 6.23. The van der Waals surface area contributed by atoms with Gasteiger partial charge in [-0.25, -0.2) is 0 Å². The number of hydrogen-bond donors (Lipinski definition) is 1. The molecule has 5 heteroatoms. The first-order valence-electron chi connectivity index (χ1n) is 7.31. The Hall–Kier alpha value is -0.420. The molecule has 0 aromatic heterocycles. The minimum atomic E-state index is 0.333. The van der Waals surface area contributed by atoms with Gasteiger partial charge in [-0.2, -0.15) is 11.8 Å². The van der Waals surface area contributed by atoms with Crippen LogP contribution < -0.4 is 5.32 Å². The molecule has 0 aromatic rings. The molecule has 19 heavy (non-hydrogen) atoms. The number of likely N-dealkylation sites (N-methyl/N-ethyl adjacent to an activating group) is 1. The lowest BCUT2D eigenvalue weighted by molar-refractivity contribution is 0.303. The van der Waals surface area contributed by atoms with Gasteiger partial charge in [0, 0.05) is 43.2 Å². The lowest BCUT2D eigenvalue weighted by atomic mass is 10.2. The Morgan fingerprint density at radius 1 is 1.42 bits per heavy atom. The summed E-state index contributed by atoms with van der Waals surface area (Å²) in [7, 11) is 4.12. The first kappa shape index (κ1) is 15.0. The van der Waals surface area contributed by atoms with Gasteiger partial charge < -0.3 is 15.1 Å². The fraction of sp³-hybridized carbons (Fsp3) is 0.929. The van der Waals surface area contributed by atoms with Crippen molar-refractivity contribution in [3.63, 3.8) is 0 Å². The predicted octanol–water partition coefficient (Wildman–Crippen LogP) is 1.48. The first-order chi connectivity index (χ1) is 9.02. The zero-order valence-corrected chi connectivity index (χ0v) is 13.6. The van der Waals surface area contributed by atoms with E-state index >= 15 is 0 Å². The molecule has 2 fully saturated rings. The monoisotopic (exact) mass is 284 g/mol. The van der Waals surface area contributed by atoms with E-state index in [1.54, 1.807) is 0 Å². The summed E-state index contributed by atoms with van der Waals surface area (Å²) in [5.74, 6) is 2.27. The molecule has 0 amide bonds. The van der Waals surface area contributed by atoms with Crippen LogP contribution in [0.1, 0.15) is 26.7 Å². The fourth-order valence-corrected chi connectivity index (χ4v) is 4.09. The number of nitrogens with one attached hydrogen (secondary N) is 1. The van der Waals surface area contributed by atoms with Gasteiger partial charge in [-0.3, -0.25) is 4.99 Å². The average molecular weight is 284 g/mol. The highest BCUT2D eigenvalue weighted by molar-refractivity contribution is 8.00. The molecule has 2 saturated heterocycles. The van der Waals surface area contributed by atoms with Crippen molar-refractivity contribution in [1.29, 1.82) is 0 Å². The molecule has 110 valence electrons. The number of thioether (sulfide) groups is 1. The lowest BCUT2D eigenvalue weighted by Crippen LogP contribution is -2.52. The highest BCUT2D eigenvalue weighted by Gasteiger charge is 2.29. The van der Waals surface area contributed by atoms with Crippen LogP contribution >= 0.6 is 11.8 Å².